The van der Waals surface area contributed by atoms with E-state index >= 15 is 0 Å². The quantitative estimate of drug-likeness (QED) is 0.404. The Balaban J connectivity index is -0.00000000450. The van der Waals surface area contributed by atoms with E-state index in [-0.39, 0.29) is 68.5 Å². The van der Waals surface area contributed by atoms with Crippen molar-refractivity contribution in [3.63, 3.8) is 0 Å². The van der Waals surface area contributed by atoms with Crippen LogP contribution in [0.2, 0.25) is 0 Å². The van der Waals surface area contributed by atoms with Crippen LogP contribution in [0.25, 0.3) is 0 Å². The molecule has 0 saturated heterocycles. The van der Waals surface area contributed by atoms with Crippen LogP contribution in [-0.2, 0) is 0 Å². The first kappa shape index (κ1) is 45.6. The van der Waals surface area contributed by atoms with E-state index in [2.05, 4.69) is 0 Å². The molecule has 0 aromatic carbocycles. The molecule has 56 valence electrons. The van der Waals surface area contributed by atoms with Gasteiger partial charge in [0.05, 0.1) is 0 Å². The number of halogens is 4. The van der Waals surface area contributed by atoms with Crippen LogP contribution in [0.3, 0.4) is 0 Å². The van der Waals surface area contributed by atoms with Gasteiger partial charge in [0, 0.05) is 0 Å². The van der Waals surface area contributed by atoms with Crippen molar-refractivity contribution >= 4 is 56.9 Å². The van der Waals surface area contributed by atoms with Crippen LogP contribution in [0.15, 0.2) is 0 Å². The summed E-state index contributed by atoms with van der Waals surface area (Å²) in [4.78, 5) is 0. The van der Waals surface area contributed by atoms with Gasteiger partial charge < -0.3 is 15.1 Å². The van der Waals surface area contributed by atoms with Crippen molar-refractivity contribution in [1.82, 2.24) is 0 Å². The van der Waals surface area contributed by atoms with E-state index in [0.29, 0.717) is 0 Å². The van der Waals surface area contributed by atoms with Crippen molar-refractivity contribution in [1.29, 1.82) is 0 Å². The van der Waals surface area contributed by atoms with Gasteiger partial charge in [0.25, 0.3) is 0 Å². The van der Waals surface area contributed by atoms with E-state index < -0.39 is 7.32 Å². The molecule has 2 N–H and O–H groups in total. The summed E-state index contributed by atoms with van der Waals surface area (Å²) in [6.45, 7) is 0. The molecule has 0 saturated carbocycles. The Hall–Kier alpha value is 1.70. The SMILES string of the molecule is Cl.Cl.Cl.Cl.[Li+].[O-]B(O)O. The van der Waals surface area contributed by atoms with E-state index in [1.165, 1.54) is 0 Å². The van der Waals surface area contributed by atoms with Gasteiger partial charge in [-0.15, -0.1) is 49.6 Å². The first-order valence-corrected chi connectivity index (χ1v) is 0.752. The smallest absolute Gasteiger partial charge is 0.832 e. The average Bonchev–Trinajstić information content (AvgIpc) is 0.811. The van der Waals surface area contributed by atoms with Crippen LogP contribution >= 0.6 is 49.6 Å². The number of rotatable bonds is 0. The van der Waals surface area contributed by atoms with Crippen LogP contribution in [0.5, 0.6) is 0 Å². The Morgan fingerprint density at radius 2 is 0.889 bits per heavy atom. The second-order valence-corrected chi connectivity index (χ2v) is 0.326. The monoisotopic (exact) mass is 212 g/mol. The molecular weight excluding hydrogens is 208 g/mol. The topological polar surface area (TPSA) is 63.5 Å². The third kappa shape index (κ3) is 199. The van der Waals surface area contributed by atoms with Gasteiger partial charge in [-0.05, 0) is 0 Å². The van der Waals surface area contributed by atoms with Crippen LogP contribution in [0, 0.1) is 0 Å². The maximum atomic E-state index is 8.64. The van der Waals surface area contributed by atoms with E-state index in [1.807, 2.05) is 0 Å². The molecule has 0 aliphatic carbocycles. The van der Waals surface area contributed by atoms with Gasteiger partial charge in [-0.2, -0.15) is 0 Å². The minimum Gasteiger partial charge on any atom is -0.832 e. The van der Waals surface area contributed by atoms with E-state index in [4.69, 9.17) is 15.1 Å². The van der Waals surface area contributed by atoms with Gasteiger partial charge >= 0.3 is 26.2 Å². The average molecular weight is 214 g/mol. The summed E-state index contributed by atoms with van der Waals surface area (Å²) in [5, 5.41) is 22.8. The van der Waals surface area contributed by atoms with Crippen molar-refractivity contribution in [2.75, 3.05) is 0 Å². The summed E-state index contributed by atoms with van der Waals surface area (Å²) in [5.74, 6) is 0. The fourth-order valence-electron chi connectivity index (χ4n) is 0. The van der Waals surface area contributed by atoms with Crippen LogP contribution in [-0.4, -0.2) is 17.4 Å². The zero-order valence-corrected chi connectivity index (χ0v) is 7.78. The van der Waals surface area contributed by atoms with Crippen molar-refractivity contribution in [3.8, 4) is 0 Å². The zero-order valence-electron chi connectivity index (χ0n) is 4.51. The molecule has 0 rings (SSSR count). The minimum absolute atomic E-state index is 0. The van der Waals surface area contributed by atoms with Crippen LogP contribution < -0.4 is 23.9 Å². The van der Waals surface area contributed by atoms with Crippen LogP contribution in [0.4, 0.5) is 0 Å². The van der Waals surface area contributed by atoms with Gasteiger partial charge in [-0.3, -0.25) is 0 Å². The zero-order chi connectivity index (χ0) is 3.58. The number of hydrogen-bond donors (Lipinski definition) is 2. The molecule has 0 aromatic heterocycles. The molecule has 0 spiro atoms. The Bertz CT molecular complexity index is 20.5. The molecule has 0 fully saturated rings. The molecule has 0 aliphatic heterocycles. The molecular formula is H6BCl4LiO3. The molecule has 0 aliphatic rings. The van der Waals surface area contributed by atoms with Gasteiger partial charge in [-0.1, -0.05) is 0 Å². The maximum absolute atomic E-state index is 8.64. The largest absolute Gasteiger partial charge is 1.00 e. The summed E-state index contributed by atoms with van der Waals surface area (Å²) in [5.41, 5.74) is 0. The van der Waals surface area contributed by atoms with Gasteiger partial charge in [0.2, 0.25) is 0 Å². The Morgan fingerprint density at radius 1 is 0.889 bits per heavy atom. The second-order valence-electron chi connectivity index (χ2n) is 0.326. The minimum atomic E-state index is -2.42. The van der Waals surface area contributed by atoms with Gasteiger partial charge in [0.1, 0.15) is 0 Å². The predicted octanol–water partition coefficient (Wildman–Crippen LogP) is -3.99. The Labute approximate surface area is 90.6 Å². The third-order valence-corrected chi connectivity index (χ3v) is 0. The molecule has 3 nitrogen and oxygen atoms in total. The summed E-state index contributed by atoms with van der Waals surface area (Å²) < 4.78 is 0. The van der Waals surface area contributed by atoms with Crippen molar-refractivity contribution in [2.24, 2.45) is 0 Å². The fraction of sp³-hybridized carbons (Fsp3) is 0. The molecule has 0 atom stereocenters. The van der Waals surface area contributed by atoms with Gasteiger partial charge in [-0.25, -0.2) is 0 Å². The van der Waals surface area contributed by atoms with E-state index in [0.717, 1.165) is 0 Å². The van der Waals surface area contributed by atoms with Crippen molar-refractivity contribution in [3.05, 3.63) is 0 Å². The summed E-state index contributed by atoms with van der Waals surface area (Å²) in [6.07, 6.45) is 0. The Morgan fingerprint density at radius 3 is 0.889 bits per heavy atom. The summed E-state index contributed by atoms with van der Waals surface area (Å²) in [6, 6.07) is 0. The summed E-state index contributed by atoms with van der Waals surface area (Å²) >= 11 is 0. The fourth-order valence-corrected chi connectivity index (χ4v) is 0. The van der Waals surface area contributed by atoms with E-state index in [1.54, 1.807) is 0 Å². The van der Waals surface area contributed by atoms with Crippen molar-refractivity contribution in [2.45, 2.75) is 0 Å². The second kappa shape index (κ2) is 33.2. The molecule has 0 radical (unpaired) electrons. The third-order valence-electron chi connectivity index (χ3n) is 0. The summed E-state index contributed by atoms with van der Waals surface area (Å²) in [7, 11) is -2.42. The normalized spacial score (nSPS) is 3.00. The molecule has 0 bridgehead atoms. The first-order chi connectivity index (χ1) is 1.73. The number of hydrogen-bond acceptors (Lipinski definition) is 3. The Kier molecular flexibility index (Phi) is 168. The standard InChI is InChI=1S/BH2O3.4ClH.Li/c2-1(3)4;;;;;/h2-3H;4*1H;/q-1;;;;;+1. The molecule has 9 heteroatoms. The molecule has 0 amide bonds. The molecule has 9 heavy (non-hydrogen) atoms. The molecule has 0 unspecified atom stereocenters. The molecule has 0 heterocycles. The molecule has 0 aromatic rings. The van der Waals surface area contributed by atoms with E-state index in [9.17, 15) is 0 Å². The predicted molar refractivity (Wildman–Crippen MR) is 39.2 cm³/mol. The van der Waals surface area contributed by atoms with Gasteiger partial charge in [0.15, 0.2) is 0 Å². The van der Waals surface area contributed by atoms with Crippen molar-refractivity contribution < 1.29 is 33.9 Å². The maximum Gasteiger partial charge on any atom is 1.00 e. The van der Waals surface area contributed by atoms with Crippen LogP contribution in [0.1, 0.15) is 0 Å². The first-order valence-electron chi connectivity index (χ1n) is 0.752.